The molecule has 0 bridgehead atoms. The predicted octanol–water partition coefficient (Wildman–Crippen LogP) is 2.44. The van der Waals surface area contributed by atoms with Crippen LogP contribution in [0.2, 0.25) is 0 Å². The molecular formula is C16H19N5O4. The van der Waals surface area contributed by atoms with Gasteiger partial charge >= 0.3 is 5.69 Å². The summed E-state index contributed by atoms with van der Waals surface area (Å²) in [6.45, 7) is 4.18. The van der Waals surface area contributed by atoms with Crippen LogP contribution in [0.4, 0.5) is 22.9 Å². The van der Waals surface area contributed by atoms with Crippen molar-refractivity contribution in [1.82, 2.24) is 4.98 Å². The molecule has 2 aromatic rings. The second kappa shape index (κ2) is 7.47. The summed E-state index contributed by atoms with van der Waals surface area (Å²) in [5.41, 5.74) is 11.6. The van der Waals surface area contributed by atoms with Crippen molar-refractivity contribution in [2.75, 3.05) is 23.4 Å². The molecule has 0 unspecified atom stereocenters. The minimum Gasteiger partial charge on any atom is -0.487 e. The van der Waals surface area contributed by atoms with Crippen LogP contribution < -0.4 is 21.5 Å². The largest absolute Gasteiger partial charge is 0.487 e. The van der Waals surface area contributed by atoms with Gasteiger partial charge in [-0.05, 0) is 24.1 Å². The van der Waals surface area contributed by atoms with E-state index in [0.29, 0.717) is 6.61 Å². The Hall–Kier alpha value is -3.36. The summed E-state index contributed by atoms with van der Waals surface area (Å²) < 4.78 is 5.43. The number of anilines is 3. The Morgan fingerprint density at radius 3 is 2.68 bits per heavy atom. The Kier molecular flexibility index (Phi) is 5.38. The van der Waals surface area contributed by atoms with Gasteiger partial charge in [-0.3, -0.25) is 14.9 Å². The lowest BCUT2D eigenvalue weighted by Crippen LogP contribution is -2.15. The van der Waals surface area contributed by atoms with Gasteiger partial charge in [0.1, 0.15) is 11.5 Å². The van der Waals surface area contributed by atoms with Gasteiger partial charge in [-0.1, -0.05) is 13.8 Å². The number of nitro benzene ring substituents is 1. The number of nitrogens with two attached hydrogens (primary N) is 2. The fourth-order valence-corrected chi connectivity index (χ4v) is 2.00. The van der Waals surface area contributed by atoms with Gasteiger partial charge in [0.05, 0.1) is 17.2 Å². The van der Waals surface area contributed by atoms with Gasteiger partial charge in [-0.25, -0.2) is 4.98 Å². The van der Waals surface area contributed by atoms with E-state index in [1.807, 2.05) is 13.8 Å². The number of nitrogen functional groups attached to an aromatic ring is 2. The van der Waals surface area contributed by atoms with Gasteiger partial charge in [-0.2, -0.15) is 0 Å². The number of rotatable bonds is 6. The molecule has 0 atom stereocenters. The van der Waals surface area contributed by atoms with Crippen molar-refractivity contribution in [1.29, 1.82) is 0 Å². The van der Waals surface area contributed by atoms with Crippen molar-refractivity contribution in [2.45, 2.75) is 13.8 Å². The van der Waals surface area contributed by atoms with Crippen LogP contribution in [0, 0.1) is 16.0 Å². The van der Waals surface area contributed by atoms with Gasteiger partial charge in [0.15, 0.2) is 5.75 Å². The maximum atomic E-state index is 12.4. The minimum absolute atomic E-state index is 0.0553. The third-order valence-electron chi connectivity index (χ3n) is 3.24. The molecule has 0 spiro atoms. The Labute approximate surface area is 144 Å². The number of hydrogen-bond acceptors (Lipinski definition) is 7. The average Bonchev–Trinajstić information content (AvgIpc) is 2.56. The van der Waals surface area contributed by atoms with E-state index in [9.17, 15) is 14.9 Å². The number of amides is 1. The minimum atomic E-state index is -0.598. The highest BCUT2D eigenvalue weighted by molar-refractivity contribution is 6.07. The first-order valence-electron chi connectivity index (χ1n) is 7.52. The SMILES string of the molecule is CC(C)COc1ccc(C(=O)Nc2c(N)ccnc2N)cc1[N+](=O)[O-]. The summed E-state index contributed by atoms with van der Waals surface area (Å²) in [5.74, 6) is -0.223. The summed E-state index contributed by atoms with van der Waals surface area (Å²) in [6, 6.07) is 5.46. The zero-order valence-electron chi connectivity index (χ0n) is 13.9. The third-order valence-corrected chi connectivity index (χ3v) is 3.24. The number of ether oxygens (including phenoxy) is 1. The third kappa shape index (κ3) is 4.34. The number of hydrogen-bond donors (Lipinski definition) is 3. The van der Waals surface area contributed by atoms with Gasteiger partial charge < -0.3 is 21.5 Å². The molecule has 1 aromatic heterocycles. The summed E-state index contributed by atoms with van der Waals surface area (Å²) in [6.07, 6.45) is 1.41. The van der Waals surface area contributed by atoms with Gasteiger partial charge in [0, 0.05) is 17.8 Å². The number of nitrogens with zero attached hydrogens (tertiary/aromatic N) is 2. The lowest BCUT2D eigenvalue weighted by Gasteiger charge is -2.12. The van der Waals surface area contributed by atoms with E-state index in [1.165, 1.54) is 24.4 Å². The molecule has 0 fully saturated rings. The molecule has 9 nitrogen and oxygen atoms in total. The maximum absolute atomic E-state index is 12.4. The Morgan fingerprint density at radius 1 is 1.36 bits per heavy atom. The molecule has 9 heteroatoms. The van der Waals surface area contributed by atoms with Crippen molar-refractivity contribution in [3.8, 4) is 5.75 Å². The molecular weight excluding hydrogens is 326 g/mol. The fourth-order valence-electron chi connectivity index (χ4n) is 2.00. The van der Waals surface area contributed by atoms with Crippen molar-refractivity contribution in [2.24, 2.45) is 5.92 Å². The first-order valence-corrected chi connectivity index (χ1v) is 7.52. The summed E-state index contributed by atoms with van der Waals surface area (Å²) >= 11 is 0. The molecule has 25 heavy (non-hydrogen) atoms. The van der Waals surface area contributed by atoms with Crippen molar-refractivity contribution in [3.63, 3.8) is 0 Å². The highest BCUT2D eigenvalue weighted by Gasteiger charge is 2.20. The molecule has 0 radical (unpaired) electrons. The van der Waals surface area contributed by atoms with E-state index < -0.39 is 10.8 Å². The van der Waals surface area contributed by atoms with Crippen LogP contribution in [0.15, 0.2) is 30.5 Å². The summed E-state index contributed by atoms with van der Waals surface area (Å²) in [4.78, 5) is 26.9. The van der Waals surface area contributed by atoms with Crippen LogP contribution in [-0.2, 0) is 0 Å². The van der Waals surface area contributed by atoms with Crippen LogP contribution in [0.3, 0.4) is 0 Å². The lowest BCUT2D eigenvalue weighted by atomic mass is 10.1. The van der Waals surface area contributed by atoms with Crippen LogP contribution in [0.5, 0.6) is 5.75 Å². The molecule has 2 rings (SSSR count). The van der Waals surface area contributed by atoms with E-state index in [0.717, 1.165) is 6.07 Å². The van der Waals surface area contributed by atoms with Crippen LogP contribution >= 0.6 is 0 Å². The predicted molar refractivity (Wildman–Crippen MR) is 94.4 cm³/mol. The molecule has 0 saturated heterocycles. The zero-order valence-corrected chi connectivity index (χ0v) is 13.9. The number of pyridine rings is 1. The second-order valence-electron chi connectivity index (χ2n) is 5.76. The number of carbonyl (C=O) groups excluding carboxylic acids is 1. The van der Waals surface area contributed by atoms with E-state index in [1.54, 1.807) is 0 Å². The molecule has 1 heterocycles. The van der Waals surface area contributed by atoms with E-state index in [4.69, 9.17) is 16.2 Å². The van der Waals surface area contributed by atoms with Crippen LogP contribution in [0.25, 0.3) is 0 Å². The normalized spacial score (nSPS) is 10.5. The molecule has 0 saturated carbocycles. The van der Waals surface area contributed by atoms with Crippen LogP contribution in [0.1, 0.15) is 24.2 Å². The fraction of sp³-hybridized carbons (Fsp3) is 0.250. The monoisotopic (exact) mass is 345 g/mol. The van der Waals surface area contributed by atoms with Gasteiger partial charge in [0.25, 0.3) is 5.91 Å². The first kappa shape index (κ1) is 18.0. The standard InChI is InChI=1S/C16H19N5O4/c1-9(2)8-25-13-4-3-10(7-12(13)21(23)24)16(22)20-14-11(17)5-6-19-15(14)18/h3-7,9H,8H2,1-2H3,(H,20,22)(H4,17,18,19). The topological polar surface area (TPSA) is 146 Å². The van der Waals surface area contributed by atoms with E-state index in [2.05, 4.69) is 10.3 Å². The zero-order chi connectivity index (χ0) is 18.6. The molecule has 132 valence electrons. The number of carbonyl (C=O) groups is 1. The molecule has 5 N–H and O–H groups in total. The smallest absolute Gasteiger partial charge is 0.311 e. The van der Waals surface area contributed by atoms with Crippen LogP contribution in [-0.4, -0.2) is 22.4 Å². The Balaban J connectivity index is 2.28. The summed E-state index contributed by atoms with van der Waals surface area (Å²) in [7, 11) is 0. The highest BCUT2D eigenvalue weighted by atomic mass is 16.6. The van der Waals surface area contributed by atoms with Gasteiger partial charge in [-0.15, -0.1) is 0 Å². The molecule has 1 amide bonds. The van der Waals surface area contributed by atoms with Crippen molar-refractivity contribution >= 4 is 28.8 Å². The average molecular weight is 345 g/mol. The molecule has 0 aliphatic rings. The highest BCUT2D eigenvalue weighted by Crippen LogP contribution is 2.29. The number of benzene rings is 1. The number of nitrogens with one attached hydrogen (secondary N) is 1. The van der Waals surface area contributed by atoms with Crippen molar-refractivity contribution in [3.05, 3.63) is 46.1 Å². The second-order valence-corrected chi connectivity index (χ2v) is 5.76. The van der Waals surface area contributed by atoms with E-state index >= 15 is 0 Å². The molecule has 0 aliphatic heterocycles. The van der Waals surface area contributed by atoms with E-state index in [-0.39, 0.29) is 40.1 Å². The van der Waals surface area contributed by atoms with Crippen molar-refractivity contribution < 1.29 is 14.5 Å². The maximum Gasteiger partial charge on any atom is 0.311 e. The first-order chi connectivity index (χ1) is 11.8. The number of nitro groups is 1. The van der Waals surface area contributed by atoms with Gasteiger partial charge in [0.2, 0.25) is 0 Å². The molecule has 1 aromatic carbocycles. The summed E-state index contributed by atoms with van der Waals surface area (Å²) in [5, 5.41) is 13.8. The number of aromatic nitrogens is 1. The molecule has 0 aliphatic carbocycles. The quantitative estimate of drug-likeness (QED) is 0.538. The lowest BCUT2D eigenvalue weighted by molar-refractivity contribution is -0.385. The Bertz CT molecular complexity index is 787. The Morgan fingerprint density at radius 2 is 2.08 bits per heavy atom.